The second-order valence-corrected chi connectivity index (χ2v) is 2.14. The monoisotopic (exact) mass is 198 g/mol. The number of rotatable bonds is 5. The van der Waals surface area contributed by atoms with E-state index in [0.717, 1.165) is 0 Å². The molecule has 0 atom stereocenters. The minimum Gasteiger partial charge on any atom is -0.412 e. The maximum atomic E-state index is 10.2. The maximum Gasteiger partial charge on any atom is 0.217 e. The summed E-state index contributed by atoms with van der Waals surface area (Å²) in [6.45, 7) is 0. The molecule has 7 nitrogen and oxygen atoms in total. The average molecular weight is 198 g/mol. The van der Waals surface area contributed by atoms with E-state index in [1.165, 1.54) is 0 Å². The van der Waals surface area contributed by atoms with E-state index in [1.54, 1.807) is 0 Å². The summed E-state index contributed by atoms with van der Waals surface area (Å²) >= 11 is 0. The zero-order valence-corrected chi connectivity index (χ0v) is 7.30. The molecule has 0 bridgehead atoms. The van der Waals surface area contributed by atoms with Crippen molar-refractivity contribution in [2.45, 2.75) is 25.7 Å². The minimum atomic E-state index is -0.329. The molecular weight excluding hydrogens is 180 g/mol. The molecule has 7 heteroatoms. The van der Waals surface area contributed by atoms with Gasteiger partial charge in [-0.2, -0.15) is 0 Å². The quantitative estimate of drug-likeness (QED) is 0.448. The van der Waals surface area contributed by atoms with Crippen LogP contribution in [-0.4, -0.2) is 28.2 Å². The molecule has 0 heterocycles. The van der Waals surface area contributed by atoms with Gasteiger partial charge in [-0.1, -0.05) is 0 Å². The van der Waals surface area contributed by atoms with Gasteiger partial charge in [0.05, 0.1) is 0 Å². The van der Waals surface area contributed by atoms with Crippen molar-refractivity contribution in [3.05, 3.63) is 0 Å². The van der Waals surface area contributed by atoms with Crippen molar-refractivity contribution in [3.8, 4) is 0 Å². The summed E-state index contributed by atoms with van der Waals surface area (Å²) in [6.07, 6.45) is 1.98. The topological polar surface area (TPSA) is 181 Å². The Morgan fingerprint density at radius 2 is 1.00 bits per heavy atom. The van der Waals surface area contributed by atoms with Crippen LogP contribution in [0.1, 0.15) is 25.7 Å². The lowest BCUT2D eigenvalue weighted by Gasteiger charge is -1.93. The van der Waals surface area contributed by atoms with Crippen LogP contribution < -0.4 is 11.5 Å². The first kappa shape index (κ1) is 22.6. The van der Waals surface area contributed by atoms with E-state index in [-0.39, 0.29) is 28.2 Å². The van der Waals surface area contributed by atoms with Crippen molar-refractivity contribution in [1.82, 2.24) is 0 Å². The predicted octanol–water partition coefficient (Wildman–Crippen LogP) is -2.96. The lowest BCUT2D eigenvalue weighted by Crippen LogP contribution is -2.12. The molecule has 0 aromatic rings. The zero-order valence-electron chi connectivity index (χ0n) is 7.30. The van der Waals surface area contributed by atoms with Crippen LogP contribution in [0, 0.1) is 0 Å². The second-order valence-electron chi connectivity index (χ2n) is 2.14. The van der Waals surface area contributed by atoms with Crippen LogP contribution in [0.25, 0.3) is 0 Å². The van der Waals surface area contributed by atoms with Crippen LogP contribution in [0.15, 0.2) is 0 Å². The van der Waals surface area contributed by atoms with Crippen LogP contribution in [0.5, 0.6) is 0 Å². The van der Waals surface area contributed by atoms with Gasteiger partial charge in [-0.05, 0) is 12.8 Å². The molecule has 0 aromatic carbocycles. The first-order valence-corrected chi connectivity index (χ1v) is 3.19. The van der Waals surface area contributed by atoms with Gasteiger partial charge in [-0.25, -0.2) is 0 Å². The molecule has 82 valence electrons. The normalized spacial score (nSPS) is 7.08. The Bertz CT molecular complexity index is 123. The highest BCUT2D eigenvalue weighted by atomic mass is 16.1. The van der Waals surface area contributed by atoms with E-state index in [2.05, 4.69) is 0 Å². The summed E-state index contributed by atoms with van der Waals surface area (Å²) in [6, 6.07) is 0. The largest absolute Gasteiger partial charge is 0.412 e. The standard InChI is InChI=1S/C6H12N2O2.3H2O/c7-5(9)3-1-2-4-6(8)10;;;/h1-4H2,(H2,7,9)(H2,8,10);3*1H2. The summed E-state index contributed by atoms with van der Waals surface area (Å²) in [5.74, 6) is -0.658. The fraction of sp³-hybridized carbons (Fsp3) is 0.667. The number of amides is 2. The Kier molecular flexibility index (Phi) is 23.3. The Morgan fingerprint density at radius 1 is 0.769 bits per heavy atom. The molecule has 10 N–H and O–H groups in total. The zero-order chi connectivity index (χ0) is 7.98. The molecule has 0 radical (unpaired) electrons. The van der Waals surface area contributed by atoms with E-state index in [9.17, 15) is 9.59 Å². The number of carbonyl (C=O) groups is 2. The number of unbranched alkanes of at least 4 members (excludes halogenated alkanes) is 1. The smallest absolute Gasteiger partial charge is 0.217 e. The lowest BCUT2D eigenvalue weighted by atomic mass is 10.2. The number of primary amides is 2. The molecule has 0 saturated heterocycles. The summed E-state index contributed by atoms with van der Waals surface area (Å²) in [5, 5.41) is 0. The van der Waals surface area contributed by atoms with Crippen LogP contribution in [0.2, 0.25) is 0 Å². The summed E-state index contributed by atoms with van der Waals surface area (Å²) in [4.78, 5) is 20.3. The number of carbonyl (C=O) groups excluding carboxylic acids is 2. The van der Waals surface area contributed by atoms with Crippen molar-refractivity contribution in [1.29, 1.82) is 0 Å². The van der Waals surface area contributed by atoms with Crippen LogP contribution in [0.4, 0.5) is 0 Å². The first-order valence-electron chi connectivity index (χ1n) is 3.19. The number of hydrogen-bond donors (Lipinski definition) is 2. The Hall–Kier alpha value is -1.18. The Balaban J connectivity index is -0.000000135. The third-order valence-electron chi connectivity index (χ3n) is 1.10. The molecule has 13 heavy (non-hydrogen) atoms. The SMILES string of the molecule is NC(=O)CCCCC(N)=O.O.O.O. The summed E-state index contributed by atoms with van der Waals surface area (Å²) in [5.41, 5.74) is 9.71. The van der Waals surface area contributed by atoms with Crippen molar-refractivity contribution < 1.29 is 26.0 Å². The molecule has 0 rings (SSSR count). The van der Waals surface area contributed by atoms with Gasteiger partial charge in [0.15, 0.2) is 0 Å². The molecule has 0 aliphatic carbocycles. The first-order chi connectivity index (χ1) is 4.63. The van der Waals surface area contributed by atoms with E-state index >= 15 is 0 Å². The van der Waals surface area contributed by atoms with Gasteiger partial charge in [0, 0.05) is 12.8 Å². The van der Waals surface area contributed by atoms with Gasteiger partial charge in [-0.3, -0.25) is 9.59 Å². The minimum absolute atomic E-state index is 0. The third-order valence-corrected chi connectivity index (χ3v) is 1.10. The van der Waals surface area contributed by atoms with Crippen molar-refractivity contribution in [2.24, 2.45) is 11.5 Å². The fourth-order valence-corrected chi connectivity index (χ4v) is 0.598. The van der Waals surface area contributed by atoms with Gasteiger partial charge >= 0.3 is 0 Å². The molecule has 0 aromatic heterocycles. The lowest BCUT2D eigenvalue weighted by molar-refractivity contribution is -0.119. The fourth-order valence-electron chi connectivity index (χ4n) is 0.598. The molecule has 0 aliphatic rings. The molecule has 0 saturated carbocycles. The van der Waals surface area contributed by atoms with Crippen molar-refractivity contribution >= 4 is 11.8 Å². The van der Waals surface area contributed by atoms with Crippen molar-refractivity contribution in [2.75, 3.05) is 0 Å². The highest BCUT2D eigenvalue weighted by Gasteiger charge is 1.96. The Morgan fingerprint density at radius 3 is 1.15 bits per heavy atom. The predicted molar refractivity (Wildman–Crippen MR) is 47.7 cm³/mol. The van der Waals surface area contributed by atoms with Gasteiger partial charge in [0.1, 0.15) is 0 Å². The highest BCUT2D eigenvalue weighted by Crippen LogP contribution is 1.97. The van der Waals surface area contributed by atoms with Gasteiger partial charge in [0.2, 0.25) is 11.8 Å². The van der Waals surface area contributed by atoms with E-state index < -0.39 is 0 Å². The van der Waals surface area contributed by atoms with Gasteiger partial charge < -0.3 is 27.9 Å². The average Bonchev–Trinajstić information content (AvgIpc) is 1.79. The molecule has 0 aliphatic heterocycles. The molecule has 0 spiro atoms. The van der Waals surface area contributed by atoms with Crippen molar-refractivity contribution in [3.63, 3.8) is 0 Å². The Labute approximate surface area is 76.0 Å². The van der Waals surface area contributed by atoms with E-state index in [1.807, 2.05) is 0 Å². The highest BCUT2D eigenvalue weighted by molar-refractivity contribution is 5.74. The molecule has 2 amide bonds. The van der Waals surface area contributed by atoms with E-state index in [0.29, 0.717) is 25.7 Å². The molecule has 0 fully saturated rings. The van der Waals surface area contributed by atoms with Crippen LogP contribution >= 0.6 is 0 Å². The van der Waals surface area contributed by atoms with Gasteiger partial charge in [0.25, 0.3) is 0 Å². The van der Waals surface area contributed by atoms with Gasteiger partial charge in [-0.15, -0.1) is 0 Å². The second kappa shape index (κ2) is 13.4. The maximum absolute atomic E-state index is 10.2. The van der Waals surface area contributed by atoms with Crippen LogP contribution in [0.3, 0.4) is 0 Å². The van der Waals surface area contributed by atoms with Crippen LogP contribution in [-0.2, 0) is 9.59 Å². The number of hydrogen-bond acceptors (Lipinski definition) is 2. The molecular formula is C6H18N2O5. The summed E-state index contributed by atoms with van der Waals surface area (Å²) in [7, 11) is 0. The summed E-state index contributed by atoms with van der Waals surface area (Å²) < 4.78 is 0. The molecule has 0 unspecified atom stereocenters. The third kappa shape index (κ3) is 24.8. The number of nitrogens with two attached hydrogens (primary N) is 2. The van der Waals surface area contributed by atoms with E-state index in [4.69, 9.17) is 11.5 Å².